The van der Waals surface area contributed by atoms with E-state index in [2.05, 4.69) is 15.3 Å². The second-order valence-electron chi connectivity index (χ2n) is 7.48. The van der Waals surface area contributed by atoms with Crippen molar-refractivity contribution < 1.29 is 23.8 Å². The monoisotopic (exact) mass is 409 g/mol. The Morgan fingerprint density at radius 3 is 2.17 bits per heavy atom. The molecule has 0 saturated carbocycles. The predicted octanol–water partition coefficient (Wildman–Crippen LogP) is 4.23. The van der Waals surface area contributed by atoms with Gasteiger partial charge in [0.1, 0.15) is 17.6 Å². The minimum atomic E-state index is -0.599. The van der Waals surface area contributed by atoms with Crippen molar-refractivity contribution in [1.29, 1.82) is 0 Å². The smallest absolute Gasteiger partial charge is 0.412 e. The van der Waals surface area contributed by atoms with Crippen molar-refractivity contribution in [3.8, 4) is 11.5 Å². The molecule has 3 rings (SSSR count). The lowest BCUT2D eigenvalue weighted by Gasteiger charge is -2.19. The molecule has 1 aromatic heterocycles. The number of aromatic nitrogens is 2. The van der Waals surface area contributed by atoms with Gasteiger partial charge >= 0.3 is 6.09 Å². The molecular formula is C22H23N3O5. The summed E-state index contributed by atoms with van der Waals surface area (Å²) in [5.41, 5.74) is 1.14. The van der Waals surface area contributed by atoms with Gasteiger partial charge in [0.05, 0.1) is 19.7 Å². The minimum absolute atomic E-state index is 0.244. The summed E-state index contributed by atoms with van der Waals surface area (Å²) in [5, 5.41) is 3.19. The molecule has 0 radical (unpaired) electrons. The van der Waals surface area contributed by atoms with Gasteiger partial charge in [-0.15, -0.1) is 0 Å². The molecular weight excluding hydrogens is 386 g/mol. The Kier molecular flexibility index (Phi) is 5.86. The predicted molar refractivity (Wildman–Crippen MR) is 112 cm³/mol. The van der Waals surface area contributed by atoms with E-state index in [4.69, 9.17) is 14.2 Å². The quantitative estimate of drug-likeness (QED) is 0.630. The molecule has 0 fully saturated rings. The maximum Gasteiger partial charge on any atom is 0.412 e. The summed E-state index contributed by atoms with van der Waals surface area (Å²) >= 11 is 0. The number of nitrogens with zero attached hydrogens (tertiary/aromatic N) is 2. The molecule has 0 spiro atoms. The normalized spacial score (nSPS) is 11.1. The zero-order valence-electron chi connectivity index (χ0n) is 17.5. The number of rotatable bonds is 5. The van der Waals surface area contributed by atoms with E-state index in [1.165, 1.54) is 20.5 Å². The van der Waals surface area contributed by atoms with Gasteiger partial charge in [-0.25, -0.2) is 14.8 Å². The van der Waals surface area contributed by atoms with Gasteiger partial charge in [0.2, 0.25) is 5.78 Å². The highest BCUT2D eigenvalue weighted by Crippen LogP contribution is 2.32. The summed E-state index contributed by atoms with van der Waals surface area (Å²) in [5.74, 6) is 0.712. The zero-order chi connectivity index (χ0) is 21.9. The Labute approximate surface area is 174 Å². The second-order valence-corrected chi connectivity index (χ2v) is 7.48. The summed E-state index contributed by atoms with van der Waals surface area (Å²) < 4.78 is 15.8. The maximum absolute atomic E-state index is 13.1. The fourth-order valence-electron chi connectivity index (χ4n) is 2.83. The van der Waals surface area contributed by atoms with Crippen LogP contribution in [0.4, 0.5) is 10.5 Å². The van der Waals surface area contributed by atoms with Crippen LogP contribution in [0.25, 0.3) is 10.9 Å². The van der Waals surface area contributed by atoms with Crippen LogP contribution >= 0.6 is 0 Å². The number of nitrogens with one attached hydrogen (secondary N) is 1. The van der Waals surface area contributed by atoms with Crippen molar-refractivity contribution in [3.63, 3.8) is 0 Å². The molecule has 1 amide bonds. The molecule has 8 heteroatoms. The Morgan fingerprint density at radius 2 is 1.57 bits per heavy atom. The van der Waals surface area contributed by atoms with Crippen molar-refractivity contribution in [1.82, 2.24) is 9.97 Å². The second kappa shape index (κ2) is 8.36. The van der Waals surface area contributed by atoms with E-state index in [0.29, 0.717) is 33.7 Å². The third kappa shape index (κ3) is 4.65. The first-order valence-corrected chi connectivity index (χ1v) is 9.23. The SMILES string of the molecule is COc1cc2ncnc(C(=O)c3ccc(NC(=O)OC(C)(C)C)cc3)c2cc1OC. The number of methoxy groups -OCH3 is 2. The average Bonchev–Trinajstić information content (AvgIpc) is 2.70. The Morgan fingerprint density at radius 1 is 0.933 bits per heavy atom. The first-order valence-electron chi connectivity index (χ1n) is 9.23. The van der Waals surface area contributed by atoms with Crippen LogP contribution in [0.2, 0.25) is 0 Å². The number of fused-ring (bicyclic) bond motifs is 1. The third-order valence-corrected chi connectivity index (χ3v) is 4.15. The number of hydrogen-bond donors (Lipinski definition) is 1. The van der Waals surface area contributed by atoms with Gasteiger partial charge in [-0.1, -0.05) is 0 Å². The van der Waals surface area contributed by atoms with Gasteiger partial charge in [-0.3, -0.25) is 10.1 Å². The van der Waals surface area contributed by atoms with Crippen molar-refractivity contribution in [2.45, 2.75) is 26.4 Å². The number of ether oxygens (including phenoxy) is 3. The van der Waals surface area contributed by atoms with Gasteiger partial charge < -0.3 is 14.2 Å². The van der Waals surface area contributed by atoms with Crippen LogP contribution in [0, 0.1) is 0 Å². The molecule has 3 aromatic rings. The number of carbonyl (C=O) groups is 2. The molecule has 0 saturated heterocycles. The summed E-state index contributed by atoms with van der Waals surface area (Å²) in [6, 6.07) is 9.86. The van der Waals surface area contributed by atoms with Crippen molar-refractivity contribution in [2.75, 3.05) is 19.5 Å². The molecule has 0 unspecified atom stereocenters. The molecule has 0 atom stereocenters. The lowest BCUT2D eigenvalue weighted by atomic mass is 10.0. The molecule has 2 aromatic carbocycles. The number of carbonyl (C=O) groups excluding carboxylic acids is 2. The number of ketones is 1. The first kappa shape index (κ1) is 21.0. The molecule has 0 bridgehead atoms. The first-order chi connectivity index (χ1) is 14.2. The van der Waals surface area contributed by atoms with E-state index in [9.17, 15) is 9.59 Å². The van der Waals surface area contributed by atoms with E-state index in [0.717, 1.165) is 0 Å². The standard InChI is InChI=1S/C22H23N3O5/c1-22(2,3)30-21(27)25-14-8-6-13(7-9-14)20(26)19-15-10-17(28-4)18(29-5)11-16(15)23-12-24-19/h6-12H,1-5H3,(H,25,27). The topological polar surface area (TPSA) is 99.6 Å². The summed E-state index contributed by atoms with van der Waals surface area (Å²) in [6.07, 6.45) is 0.768. The molecule has 8 nitrogen and oxygen atoms in total. The van der Waals surface area contributed by atoms with Crippen molar-refractivity contribution in [3.05, 3.63) is 54.0 Å². The van der Waals surface area contributed by atoms with Crippen LogP contribution in [0.1, 0.15) is 36.8 Å². The Hall–Kier alpha value is -3.68. The van der Waals surface area contributed by atoms with Gasteiger partial charge in [0, 0.05) is 22.7 Å². The molecule has 0 aliphatic rings. The minimum Gasteiger partial charge on any atom is -0.493 e. The van der Waals surface area contributed by atoms with Crippen molar-refractivity contribution in [2.24, 2.45) is 0 Å². The van der Waals surface area contributed by atoms with E-state index >= 15 is 0 Å². The summed E-state index contributed by atoms with van der Waals surface area (Å²) in [7, 11) is 3.05. The Balaban J connectivity index is 1.88. The molecule has 0 aliphatic carbocycles. The van der Waals surface area contributed by atoms with Crippen LogP contribution in [0.15, 0.2) is 42.7 Å². The lowest BCUT2D eigenvalue weighted by molar-refractivity contribution is 0.0636. The fourth-order valence-corrected chi connectivity index (χ4v) is 2.83. The highest BCUT2D eigenvalue weighted by Gasteiger charge is 2.19. The number of benzene rings is 2. The molecule has 0 aliphatic heterocycles. The van der Waals surface area contributed by atoms with Gasteiger partial charge in [0.15, 0.2) is 11.5 Å². The van der Waals surface area contributed by atoms with Crippen LogP contribution < -0.4 is 14.8 Å². The highest BCUT2D eigenvalue weighted by atomic mass is 16.6. The largest absolute Gasteiger partial charge is 0.493 e. The number of hydrogen-bond acceptors (Lipinski definition) is 7. The van der Waals surface area contributed by atoms with Crippen molar-refractivity contribution >= 4 is 28.5 Å². The summed E-state index contributed by atoms with van der Waals surface area (Å²) in [4.78, 5) is 33.3. The van der Waals surface area contributed by atoms with Crippen LogP contribution in [-0.2, 0) is 4.74 Å². The summed E-state index contributed by atoms with van der Waals surface area (Å²) in [6.45, 7) is 5.35. The molecule has 156 valence electrons. The number of amides is 1. The number of anilines is 1. The molecule has 1 N–H and O–H groups in total. The van der Waals surface area contributed by atoms with Gasteiger partial charge in [-0.05, 0) is 51.1 Å². The van der Waals surface area contributed by atoms with Crippen LogP contribution in [-0.4, -0.2) is 41.7 Å². The van der Waals surface area contributed by atoms with E-state index < -0.39 is 11.7 Å². The third-order valence-electron chi connectivity index (χ3n) is 4.15. The zero-order valence-corrected chi connectivity index (χ0v) is 17.5. The van der Waals surface area contributed by atoms with E-state index in [1.807, 2.05) is 0 Å². The highest BCUT2D eigenvalue weighted by molar-refractivity contribution is 6.14. The van der Waals surface area contributed by atoms with Gasteiger partial charge in [0.25, 0.3) is 0 Å². The van der Waals surface area contributed by atoms with E-state index in [1.54, 1.807) is 57.2 Å². The molecule has 1 heterocycles. The lowest BCUT2D eigenvalue weighted by Crippen LogP contribution is -2.27. The molecule has 30 heavy (non-hydrogen) atoms. The van der Waals surface area contributed by atoms with Gasteiger partial charge in [-0.2, -0.15) is 0 Å². The Bertz CT molecular complexity index is 1090. The van der Waals surface area contributed by atoms with Crippen LogP contribution in [0.5, 0.6) is 11.5 Å². The average molecular weight is 409 g/mol. The maximum atomic E-state index is 13.1. The van der Waals surface area contributed by atoms with Crippen LogP contribution in [0.3, 0.4) is 0 Å². The van der Waals surface area contributed by atoms with E-state index in [-0.39, 0.29) is 11.5 Å². The fraction of sp³-hybridized carbons (Fsp3) is 0.273.